The first-order valence-electron chi connectivity index (χ1n) is 7.61. The van der Waals surface area contributed by atoms with E-state index >= 15 is 0 Å². The van der Waals surface area contributed by atoms with Crippen LogP contribution in [0.25, 0.3) is 0 Å². The number of aromatic nitrogens is 1. The number of hydrogen-bond acceptors (Lipinski definition) is 5. The lowest BCUT2D eigenvalue weighted by Gasteiger charge is -2.46. The van der Waals surface area contributed by atoms with Crippen molar-refractivity contribution in [2.75, 3.05) is 18.8 Å². The number of nitrogen functional groups attached to an aromatic ring is 1. The van der Waals surface area contributed by atoms with Gasteiger partial charge in [0.25, 0.3) is 0 Å². The molecule has 2 rings (SSSR count). The lowest BCUT2D eigenvalue weighted by atomic mass is 9.82. The number of nitrogens with one attached hydrogen (secondary N) is 1. The molecule has 0 saturated heterocycles. The van der Waals surface area contributed by atoms with E-state index in [-0.39, 0.29) is 11.6 Å². The summed E-state index contributed by atoms with van der Waals surface area (Å²) in [6.45, 7) is 6.47. The highest BCUT2D eigenvalue weighted by Gasteiger charge is 2.45. The van der Waals surface area contributed by atoms with Gasteiger partial charge in [-0.15, -0.1) is 0 Å². The van der Waals surface area contributed by atoms with Gasteiger partial charge in [-0.3, -0.25) is 16.2 Å². The van der Waals surface area contributed by atoms with E-state index in [1.54, 1.807) is 6.20 Å². The van der Waals surface area contributed by atoms with Crippen LogP contribution in [0.1, 0.15) is 51.1 Å². The lowest BCUT2D eigenvalue weighted by molar-refractivity contribution is 0.0628. The van der Waals surface area contributed by atoms with Crippen molar-refractivity contribution in [2.24, 2.45) is 5.84 Å². The van der Waals surface area contributed by atoms with Gasteiger partial charge in [0.05, 0.1) is 6.04 Å². The highest BCUT2D eigenvalue weighted by atomic mass is 15.3. The number of nitrogens with zero attached hydrogens (tertiary/aromatic N) is 2. The van der Waals surface area contributed by atoms with Crippen molar-refractivity contribution in [1.82, 2.24) is 15.3 Å². The SMILES string of the molecule is CCN(CC)C1(C(NN)c2cccnc2N)CCCC1. The molecule has 1 atom stereocenters. The van der Waals surface area contributed by atoms with Crippen LogP contribution < -0.4 is 17.0 Å². The van der Waals surface area contributed by atoms with E-state index < -0.39 is 0 Å². The minimum Gasteiger partial charge on any atom is -0.383 e. The summed E-state index contributed by atoms with van der Waals surface area (Å²) in [5, 5.41) is 0. The topological polar surface area (TPSA) is 80.2 Å². The summed E-state index contributed by atoms with van der Waals surface area (Å²) in [7, 11) is 0. The molecule has 0 radical (unpaired) electrons. The highest BCUT2D eigenvalue weighted by Crippen LogP contribution is 2.44. The quantitative estimate of drug-likeness (QED) is 0.546. The smallest absolute Gasteiger partial charge is 0.128 e. The summed E-state index contributed by atoms with van der Waals surface area (Å²) in [5.41, 5.74) is 10.2. The summed E-state index contributed by atoms with van der Waals surface area (Å²) < 4.78 is 0. The van der Waals surface area contributed by atoms with Crippen LogP contribution in [0.4, 0.5) is 5.82 Å². The van der Waals surface area contributed by atoms with Crippen LogP contribution in [-0.4, -0.2) is 28.5 Å². The van der Waals surface area contributed by atoms with Gasteiger partial charge in [-0.1, -0.05) is 32.8 Å². The maximum absolute atomic E-state index is 6.08. The van der Waals surface area contributed by atoms with Crippen LogP contribution in [0.15, 0.2) is 18.3 Å². The number of anilines is 1. The zero-order valence-corrected chi connectivity index (χ0v) is 12.6. The van der Waals surface area contributed by atoms with Crippen molar-refractivity contribution in [1.29, 1.82) is 0 Å². The van der Waals surface area contributed by atoms with E-state index in [0.717, 1.165) is 31.5 Å². The minimum absolute atomic E-state index is 0.0265. The van der Waals surface area contributed by atoms with E-state index in [2.05, 4.69) is 29.2 Å². The molecule has 1 aliphatic carbocycles. The molecule has 1 aliphatic rings. The molecule has 5 heteroatoms. The maximum atomic E-state index is 6.08. The molecule has 1 heterocycles. The second-order valence-corrected chi connectivity index (χ2v) is 5.56. The predicted molar refractivity (Wildman–Crippen MR) is 82.8 cm³/mol. The Hall–Kier alpha value is -1.17. The zero-order chi connectivity index (χ0) is 14.6. The molecule has 0 aromatic carbocycles. The average Bonchev–Trinajstić information content (AvgIpc) is 2.93. The fraction of sp³-hybridized carbons (Fsp3) is 0.667. The molecule has 1 aromatic heterocycles. The number of hydrogen-bond donors (Lipinski definition) is 3. The third-order valence-electron chi connectivity index (χ3n) is 4.75. The summed E-state index contributed by atoms with van der Waals surface area (Å²) >= 11 is 0. The first-order chi connectivity index (χ1) is 9.69. The number of hydrazine groups is 1. The lowest BCUT2D eigenvalue weighted by Crippen LogP contribution is -2.56. The first kappa shape index (κ1) is 15.2. The molecular formula is C15H27N5. The Morgan fingerprint density at radius 3 is 2.50 bits per heavy atom. The van der Waals surface area contributed by atoms with Crippen LogP contribution in [0.5, 0.6) is 0 Å². The van der Waals surface area contributed by atoms with E-state index in [9.17, 15) is 0 Å². The molecule has 0 aliphatic heterocycles. The zero-order valence-electron chi connectivity index (χ0n) is 12.6. The van der Waals surface area contributed by atoms with Gasteiger partial charge in [0, 0.05) is 17.3 Å². The van der Waals surface area contributed by atoms with E-state index in [1.165, 1.54) is 12.8 Å². The van der Waals surface area contributed by atoms with Gasteiger partial charge in [-0.2, -0.15) is 0 Å². The summed E-state index contributed by atoms with van der Waals surface area (Å²) in [6.07, 6.45) is 6.52. The molecule has 1 saturated carbocycles. The average molecular weight is 277 g/mol. The van der Waals surface area contributed by atoms with E-state index in [1.807, 2.05) is 12.1 Å². The van der Waals surface area contributed by atoms with E-state index in [4.69, 9.17) is 11.6 Å². The standard InChI is InChI=1S/C15H27N5/c1-3-20(4-2)15(9-5-6-10-15)13(19-17)12-8-7-11-18-14(12)16/h7-8,11,13,19H,3-6,9-10,17H2,1-2H3,(H2,16,18). The van der Waals surface area contributed by atoms with Gasteiger partial charge in [0.1, 0.15) is 5.82 Å². The molecule has 20 heavy (non-hydrogen) atoms. The molecule has 0 spiro atoms. The number of pyridine rings is 1. The summed E-state index contributed by atoms with van der Waals surface area (Å²) in [6, 6.07) is 4.00. The second kappa shape index (κ2) is 6.52. The van der Waals surface area contributed by atoms with Crippen molar-refractivity contribution < 1.29 is 0 Å². The van der Waals surface area contributed by atoms with Gasteiger partial charge >= 0.3 is 0 Å². The molecule has 112 valence electrons. The second-order valence-electron chi connectivity index (χ2n) is 5.56. The van der Waals surface area contributed by atoms with Crippen molar-refractivity contribution in [3.05, 3.63) is 23.9 Å². The van der Waals surface area contributed by atoms with Crippen LogP contribution in [0.3, 0.4) is 0 Å². The molecule has 0 amide bonds. The van der Waals surface area contributed by atoms with Crippen LogP contribution in [-0.2, 0) is 0 Å². The molecule has 1 aromatic rings. The van der Waals surface area contributed by atoms with Gasteiger partial charge in [-0.05, 0) is 32.0 Å². The Bertz CT molecular complexity index is 424. The minimum atomic E-state index is 0.0265. The summed E-state index contributed by atoms with van der Waals surface area (Å²) in [5.74, 6) is 6.50. The Morgan fingerprint density at radius 1 is 1.35 bits per heavy atom. The number of nitrogens with two attached hydrogens (primary N) is 2. The van der Waals surface area contributed by atoms with Gasteiger partial charge in [0.15, 0.2) is 0 Å². The van der Waals surface area contributed by atoms with Crippen molar-refractivity contribution in [3.8, 4) is 0 Å². The Morgan fingerprint density at radius 2 is 2.00 bits per heavy atom. The number of likely N-dealkylation sites (N-methyl/N-ethyl adjacent to an activating group) is 1. The number of rotatable bonds is 6. The molecule has 5 N–H and O–H groups in total. The van der Waals surface area contributed by atoms with Crippen molar-refractivity contribution in [3.63, 3.8) is 0 Å². The van der Waals surface area contributed by atoms with Gasteiger partial charge in [0.2, 0.25) is 0 Å². The fourth-order valence-corrected chi connectivity index (χ4v) is 3.84. The molecule has 1 fully saturated rings. The molecule has 5 nitrogen and oxygen atoms in total. The summed E-state index contributed by atoms with van der Waals surface area (Å²) in [4.78, 5) is 6.75. The Kier molecular flexibility index (Phi) is 4.96. The van der Waals surface area contributed by atoms with E-state index in [0.29, 0.717) is 5.82 Å². The molecular weight excluding hydrogens is 250 g/mol. The maximum Gasteiger partial charge on any atom is 0.128 e. The Balaban J connectivity index is 2.43. The molecule has 1 unspecified atom stereocenters. The monoisotopic (exact) mass is 277 g/mol. The molecule has 0 bridgehead atoms. The van der Waals surface area contributed by atoms with Crippen molar-refractivity contribution >= 4 is 5.82 Å². The third kappa shape index (κ3) is 2.53. The van der Waals surface area contributed by atoms with Gasteiger partial charge < -0.3 is 5.73 Å². The Labute approximate surface area is 121 Å². The predicted octanol–water partition coefficient (Wildman–Crippen LogP) is 1.82. The van der Waals surface area contributed by atoms with Crippen LogP contribution >= 0.6 is 0 Å². The van der Waals surface area contributed by atoms with Gasteiger partial charge in [-0.25, -0.2) is 4.98 Å². The normalized spacial score (nSPS) is 19.4. The first-order valence-corrected chi connectivity index (χ1v) is 7.61. The van der Waals surface area contributed by atoms with Crippen LogP contribution in [0.2, 0.25) is 0 Å². The third-order valence-corrected chi connectivity index (χ3v) is 4.75. The highest BCUT2D eigenvalue weighted by molar-refractivity contribution is 5.42. The largest absolute Gasteiger partial charge is 0.383 e. The van der Waals surface area contributed by atoms with Crippen LogP contribution in [0, 0.1) is 0 Å². The van der Waals surface area contributed by atoms with Crippen molar-refractivity contribution in [2.45, 2.75) is 51.1 Å². The fourth-order valence-electron chi connectivity index (χ4n) is 3.84.